The Bertz CT molecular complexity index is 2150. The predicted molar refractivity (Wildman–Crippen MR) is 189 cm³/mol. The van der Waals surface area contributed by atoms with Crippen molar-refractivity contribution in [3.63, 3.8) is 0 Å². The molecule has 0 heterocycles. The lowest BCUT2D eigenvalue weighted by Gasteiger charge is -2.28. The topological polar surface area (TPSA) is 100 Å². The van der Waals surface area contributed by atoms with Gasteiger partial charge >= 0.3 is 17.9 Å². The van der Waals surface area contributed by atoms with Gasteiger partial charge in [0, 0.05) is 0 Å². The van der Waals surface area contributed by atoms with Crippen LogP contribution in [-0.2, 0) is 19.0 Å². The number of ether oxygens (including phenoxy) is 3. The van der Waals surface area contributed by atoms with E-state index in [9.17, 15) is 14.4 Å². The minimum atomic E-state index is -1.24. The van der Waals surface area contributed by atoms with Crippen LogP contribution in [-0.4, -0.2) is 54.9 Å². The summed E-state index contributed by atoms with van der Waals surface area (Å²) >= 11 is 3.55. The quantitative estimate of drug-likeness (QED) is 0.0441. The number of carbonyl (C=O) groups is 3. The van der Waals surface area contributed by atoms with Gasteiger partial charge in [-0.25, -0.2) is 14.4 Å². The molecule has 0 aliphatic carbocycles. The van der Waals surface area contributed by atoms with Crippen molar-refractivity contribution in [3.05, 3.63) is 144 Å². The summed E-state index contributed by atoms with van der Waals surface area (Å²) in [5, 5.41) is 9.34. The van der Waals surface area contributed by atoms with Gasteiger partial charge < -0.3 is 19.0 Å². The normalized spacial score (nSPS) is 13.2. The summed E-state index contributed by atoms with van der Waals surface area (Å²) in [7, 11) is 1.34. The highest BCUT2D eigenvalue weighted by molar-refractivity contribution is 9.09. The third-order valence-corrected chi connectivity index (χ3v) is 8.59. The van der Waals surface area contributed by atoms with Crippen LogP contribution in [0.3, 0.4) is 0 Å². The first-order chi connectivity index (χ1) is 23.4. The smallest absolute Gasteiger partial charge is 0.338 e. The largest absolute Gasteiger partial charge is 0.461 e. The van der Waals surface area contributed by atoms with Gasteiger partial charge in [0.1, 0.15) is 13.7 Å². The molecule has 3 atom stereocenters. The molecule has 0 aromatic heterocycles. The number of carbonyl (C=O) groups excluding carboxylic acids is 3. The van der Waals surface area contributed by atoms with E-state index in [0.717, 1.165) is 32.3 Å². The molecular formula is C39H30BrNO7. The summed E-state index contributed by atoms with van der Waals surface area (Å²) < 4.78 is 17.6. The first-order valence-electron chi connectivity index (χ1n) is 15.2. The maximum Gasteiger partial charge on any atom is 0.338 e. The van der Waals surface area contributed by atoms with Gasteiger partial charge in [0.25, 0.3) is 0 Å². The van der Waals surface area contributed by atoms with Crippen LogP contribution in [0, 0.1) is 0 Å². The fourth-order valence-corrected chi connectivity index (χ4v) is 5.86. The van der Waals surface area contributed by atoms with E-state index in [-0.39, 0.29) is 17.7 Å². The zero-order chi connectivity index (χ0) is 33.5. The second-order valence-corrected chi connectivity index (χ2v) is 12.2. The molecule has 0 fully saturated rings. The van der Waals surface area contributed by atoms with Crippen molar-refractivity contribution in [1.29, 1.82) is 0 Å². The molecule has 0 spiro atoms. The summed E-state index contributed by atoms with van der Waals surface area (Å²) in [5.74, 6) is -1.92. The third kappa shape index (κ3) is 7.53. The van der Waals surface area contributed by atoms with Crippen molar-refractivity contribution < 1.29 is 33.4 Å². The van der Waals surface area contributed by atoms with E-state index < -0.39 is 34.9 Å². The molecule has 6 rings (SSSR count). The standard InChI is InChI=1S/C39H30BrNO7/c1-45-41-23-35(47-38(43)32-18-15-26-9-3-6-12-29(26)21-32)36(48-39(44)33-19-16-27-10-4-7-13-30(27)22-33)34(40)24-46-37(42)31-17-14-25-8-2-5-11-28(25)20-31/h2-23,34-36H,24H2,1H3/b41-23+/t34-,35+,36+/m1/s1. The van der Waals surface area contributed by atoms with Crippen LogP contribution in [0.15, 0.2) is 133 Å². The Balaban J connectivity index is 1.27. The molecule has 0 saturated carbocycles. The van der Waals surface area contributed by atoms with Crippen molar-refractivity contribution in [2.45, 2.75) is 17.0 Å². The second kappa shape index (κ2) is 14.9. The highest BCUT2D eigenvalue weighted by Gasteiger charge is 2.36. The van der Waals surface area contributed by atoms with Gasteiger partial charge in [0.05, 0.1) is 27.7 Å². The van der Waals surface area contributed by atoms with Crippen molar-refractivity contribution in [1.82, 2.24) is 0 Å². The Morgan fingerprint density at radius 2 is 1.02 bits per heavy atom. The van der Waals surface area contributed by atoms with Crippen LogP contribution < -0.4 is 0 Å². The molecule has 0 saturated heterocycles. The van der Waals surface area contributed by atoms with E-state index in [1.165, 1.54) is 13.3 Å². The van der Waals surface area contributed by atoms with E-state index in [0.29, 0.717) is 5.56 Å². The zero-order valence-electron chi connectivity index (χ0n) is 25.8. The van der Waals surface area contributed by atoms with Gasteiger partial charge in [-0.3, -0.25) is 0 Å². The van der Waals surface area contributed by atoms with Crippen LogP contribution in [0.25, 0.3) is 32.3 Å². The average molecular weight is 705 g/mol. The molecule has 48 heavy (non-hydrogen) atoms. The molecule has 0 radical (unpaired) electrons. The highest BCUT2D eigenvalue weighted by atomic mass is 79.9. The number of alkyl halides is 1. The summed E-state index contributed by atoms with van der Waals surface area (Å²) in [5.41, 5.74) is 0.936. The Morgan fingerprint density at radius 3 is 1.48 bits per heavy atom. The molecule has 6 aromatic rings. The number of hydrogen-bond acceptors (Lipinski definition) is 8. The van der Waals surface area contributed by atoms with Crippen LogP contribution >= 0.6 is 15.9 Å². The van der Waals surface area contributed by atoms with Gasteiger partial charge in [-0.2, -0.15) is 0 Å². The lowest BCUT2D eigenvalue weighted by Crippen LogP contribution is -2.44. The first kappa shape index (κ1) is 32.4. The zero-order valence-corrected chi connectivity index (χ0v) is 27.4. The van der Waals surface area contributed by atoms with Crippen molar-refractivity contribution in [2.24, 2.45) is 5.16 Å². The summed E-state index contributed by atoms with van der Waals surface area (Å²) in [6.45, 7) is -0.230. The van der Waals surface area contributed by atoms with E-state index >= 15 is 0 Å². The van der Waals surface area contributed by atoms with Gasteiger partial charge in [-0.05, 0) is 68.7 Å². The SMILES string of the molecule is CO/N=C/[C@H](OC(=O)c1ccc2ccccc2c1)[C@@H](OC(=O)c1ccc2ccccc2c1)[C@H](Br)COC(=O)c1ccc2ccccc2c1. The minimum absolute atomic E-state index is 0.230. The molecule has 6 aromatic carbocycles. The lowest BCUT2D eigenvalue weighted by molar-refractivity contribution is -0.0208. The van der Waals surface area contributed by atoms with Gasteiger partial charge in [-0.1, -0.05) is 112 Å². The molecule has 0 unspecified atom stereocenters. The Hall–Kier alpha value is -5.54. The molecule has 9 heteroatoms. The van der Waals surface area contributed by atoms with Gasteiger partial charge in [-0.15, -0.1) is 0 Å². The molecule has 0 bridgehead atoms. The van der Waals surface area contributed by atoms with Crippen molar-refractivity contribution >= 4 is 72.4 Å². The number of oxime groups is 1. The first-order valence-corrected chi connectivity index (χ1v) is 16.1. The van der Waals surface area contributed by atoms with Gasteiger partial charge in [0.2, 0.25) is 0 Å². The predicted octanol–water partition coefficient (Wildman–Crippen LogP) is 8.15. The van der Waals surface area contributed by atoms with Gasteiger partial charge in [0.15, 0.2) is 12.2 Å². The number of fused-ring (bicyclic) bond motifs is 3. The monoisotopic (exact) mass is 703 g/mol. The van der Waals surface area contributed by atoms with Crippen LogP contribution in [0.4, 0.5) is 0 Å². The van der Waals surface area contributed by atoms with E-state index in [4.69, 9.17) is 19.0 Å². The number of benzene rings is 6. The number of esters is 3. The van der Waals surface area contributed by atoms with E-state index in [1.54, 1.807) is 36.4 Å². The van der Waals surface area contributed by atoms with Crippen LogP contribution in [0.1, 0.15) is 31.1 Å². The van der Waals surface area contributed by atoms with Crippen molar-refractivity contribution in [2.75, 3.05) is 13.7 Å². The molecule has 8 nitrogen and oxygen atoms in total. The number of hydrogen-bond donors (Lipinski definition) is 0. The maximum atomic E-state index is 13.6. The molecule has 0 aliphatic heterocycles. The molecule has 0 amide bonds. The Kier molecular flexibility index (Phi) is 10.1. The Labute approximate surface area is 285 Å². The minimum Gasteiger partial charge on any atom is -0.461 e. The molecule has 240 valence electrons. The maximum absolute atomic E-state index is 13.6. The highest BCUT2D eigenvalue weighted by Crippen LogP contribution is 2.24. The van der Waals surface area contributed by atoms with Crippen LogP contribution in [0.2, 0.25) is 0 Å². The number of halogens is 1. The number of rotatable bonds is 11. The van der Waals surface area contributed by atoms with E-state index in [2.05, 4.69) is 21.1 Å². The summed E-state index contributed by atoms with van der Waals surface area (Å²) in [6, 6.07) is 38.6. The molecule has 0 aliphatic rings. The lowest BCUT2D eigenvalue weighted by atomic mass is 10.1. The van der Waals surface area contributed by atoms with E-state index in [1.807, 2.05) is 91.0 Å². The third-order valence-electron chi connectivity index (χ3n) is 7.81. The fourth-order valence-electron chi connectivity index (χ4n) is 5.32. The fraction of sp³-hybridized carbons (Fsp3) is 0.128. The summed E-state index contributed by atoms with van der Waals surface area (Å²) in [6.07, 6.45) is -1.20. The Morgan fingerprint density at radius 1 is 0.604 bits per heavy atom. The molecule has 0 N–H and O–H groups in total. The average Bonchev–Trinajstić information content (AvgIpc) is 3.13. The van der Waals surface area contributed by atoms with Crippen LogP contribution in [0.5, 0.6) is 0 Å². The summed E-state index contributed by atoms with van der Waals surface area (Å²) in [4.78, 5) is 44.3. The number of nitrogens with zero attached hydrogens (tertiary/aromatic N) is 1. The van der Waals surface area contributed by atoms with Crippen molar-refractivity contribution in [3.8, 4) is 0 Å². The molecular weight excluding hydrogens is 674 g/mol. The second-order valence-electron chi connectivity index (χ2n) is 11.0.